The summed E-state index contributed by atoms with van der Waals surface area (Å²) in [4.78, 5) is 16.2. The van der Waals surface area contributed by atoms with E-state index in [0.717, 1.165) is 12.8 Å². The van der Waals surface area contributed by atoms with Crippen molar-refractivity contribution >= 4 is 28.9 Å². The Bertz CT molecular complexity index is 720. The number of unbranched alkanes of at least 4 members (excludes halogenated alkanes) is 1. The number of carbonyl (C=O) groups is 1. The largest absolute Gasteiger partial charge is 0.495 e. The van der Waals surface area contributed by atoms with Crippen molar-refractivity contribution in [1.82, 2.24) is 10.3 Å². The molecular formula is C18H22ClN3O3. The van der Waals surface area contributed by atoms with Crippen LogP contribution in [0.3, 0.4) is 0 Å². The average Bonchev–Trinajstić information content (AvgIpc) is 2.63. The number of nitrogens with one attached hydrogen (secondary N) is 2. The summed E-state index contributed by atoms with van der Waals surface area (Å²) in [7, 11) is 3.11. The first-order chi connectivity index (χ1) is 12.1. The molecule has 0 fully saturated rings. The summed E-state index contributed by atoms with van der Waals surface area (Å²) in [5, 5.41) is 6.48. The van der Waals surface area contributed by atoms with Gasteiger partial charge in [-0.3, -0.25) is 4.79 Å². The molecule has 6 nitrogen and oxygen atoms in total. The van der Waals surface area contributed by atoms with Crippen LogP contribution in [0.4, 0.5) is 11.4 Å². The lowest BCUT2D eigenvalue weighted by Crippen LogP contribution is -2.25. The predicted octanol–water partition coefficient (Wildman–Crippen LogP) is 4.03. The third-order valence-electron chi connectivity index (χ3n) is 3.56. The molecule has 0 aliphatic heterocycles. The zero-order chi connectivity index (χ0) is 18.2. The van der Waals surface area contributed by atoms with Crippen LogP contribution < -0.4 is 20.1 Å². The van der Waals surface area contributed by atoms with Crippen LogP contribution in [0, 0.1) is 0 Å². The number of rotatable bonds is 8. The number of pyridine rings is 1. The first-order valence-corrected chi connectivity index (χ1v) is 8.39. The maximum absolute atomic E-state index is 12.0. The molecule has 0 unspecified atom stereocenters. The zero-order valence-corrected chi connectivity index (χ0v) is 15.3. The van der Waals surface area contributed by atoms with Gasteiger partial charge >= 0.3 is 0 Å². The number of halogens is 1. The molecule has 0 spiro atoms. The van der Waals surface area contributed by atoms with E-state index in [-0.39, 0.29) is 5.91 Å². The van der Waals surface area contributed by atoms with Crippen molar-refractivity contribution in [3.8, 4) is 11.5 Å². The van der Waals surface area contributed by atoms with Gasteiger partial charge in [0.2, 0.25) is 0 Å². The number of amides is 1. The van der Waals surface area contributed by atoms with E-state index >= 15 is 0 Å². The summed E-state index contributed by atoms with van der Waals surface area (Å²) in [6.07, 6.45) is 3.57. The Labute approximate surface area is 152 Å². The molecule has 0 aliphatic carbocycles. The van der Waals surface area contributed by atoms with E-state index in [1.807, 2.05) is 0 Å². The molecule has 25 heavy (non-hydrogen) atoms. The minimum absolute atomic E-state index is 0.175. The summed E-state index contributed by atoms with van der Waals surface area (Å²) in [5.74, 6) is 0.933. The lowest BCUT2D eigenvalue weighted by Gasteiger charge is -2.14. The lowest BCUT2D eigenvalue weighted by atomic mass is 10.2. The van der Waals surface area contributed by atoms with Gasteiger partial charge in [0.15, 0.2) is 0 Å². The quantitative estimate of drug-likeness (QED) is 0.693. The number of hydrogen-bond acceptors (Lipinski definition) is 5. The number of anilines is 2. The molecular weight excluding hydrogens is 342 g/mol. The van der Waals surface area contributed by atoms with Crippen LogP contribution in [0.25, 0.3) is 0 Å². The van der Waals surface area contributed by atoms with E-state index in [2.05, 4.69) is 22.5 Å². The van der Waals surface area contributed by atoms with Crippen molar-refractivity contribution in [1.29, 1.82) is 0 Å². The second kappa shape index (κ2) is 9.13. The molecule has 2 rings (SSSR count). The van der Waals surface area contributed by atoms with Gasteiger partial charge in [0.25, 0.3) is 5.91 Å². The molecule has 2 N–H and O–H groups in total. The van der Waals surface area contributed by atoms with Crippen molar-refractivity contribution in [2.45, 2.75) is 19.8 Å². The van der Waals surface area contributed by atoms with Crippen molar-refractivity contribution in [2.24, 2.45) is 0 Å². The van der Waals surface area contributed by atoms with Crippen LogP contribution in [-0.4, -0.2) is 31.7 Å². The lowest BCUT2D eigenvalue weighted by molar-refractivity contribution is 0.0948. The Morgan fingerprint density at radius 2 is 1.96 bits per heavy atom. The smallest absolute Gasteiger partial charge is 0.269 e. The highest BCUT2D eigenvalue weighted by Crippen LogP contribution is 2.37. The number of ether oxygens (including phenoxy) is 2. The highest BCUT2D eigenvalue weighted by Gasteiger charge is 2.11. The zero-order valence-electron chi connectivity index (χ0n) is 14.6. The highest BCUT2D eigenvalue weighted by molar-refractivity contribution is 6.32. The first-order valence-electron chi connectivity index (χ1n) is 8.01. The summed E-state index contributed by atoms with van der Waals surface area (Å²) in [6, 6.07) is 6.86. The monoisotopic (exact) mass is 363 g/mol. The van der Waals surface area contributed by atoms with Gasteiger partial charge in [-0.15, -0.1) is 0 Å². The molecule has 0 bridgehead atoms. The van der Waals surface area contributed by atoms with Gasteiger partial charge in [0.1, 0.15) is 17.2 Å². The van der Waals surface area contributed by atoms with Gasteiger partial charge in [-0.1, -0.05) is 24.9 Å². The second-order valence-electron chi connectivity index (χ2n) is 5.35. The van der Waals surface area contributed by atoms with Crippen LogP contribution in [0.1, 0.15) is 30.3 Å². The predicted molar refractivity (Wildman–Crippen MR) is 99.3 cm³/mol. The Kier molecular flexibility index (Phi) is 6.89. The molecule has 1 aromatic carbocycles. The van der Waals surface area contributed by atoms with Crippen LogP contribution in [-0.2, 0) is 0 Å². The number of benzene rings is 1. The van der Waals surface area contributed by atoms with E-state index in [4.69, 9.17) is 21.1 Å². The Morgan fingerprint density at radius 1 is 1.20 bits per heavy atom. The number of methoxy groups -OCH3 is 2. The highest BCUT2D eigenvalue weighted by atomic mass is 35.5. The standard InChI is InChI=1S/C18H22ClN3O3/c1-4-5-8-20-18(23)14-7-6-12(11-21-14)22-15-10-16(24-2)13(19)9-17(15)25-3/h6-7,9-11,22H,4-5,8H2,1-3H3,(H,20,23). The molecule has 0 saturated carbocycles. The summed E-state index contributed by atoms with van der Waals surface area (Å²) >= 11 is 6.10. The Hall–Kier alpha value is -2.47. The normalized spacial score (nSPS) is 10.2. The van der Waals surface area contributed by atoms with Crippen LogP contribution in [0.2, 0.25) is 5.02 Å². The van der Waals surface area contributed by atoms with Gasteiger partial charge in [-0.25, -0.2) is 4.98 Å². The Morgan fingerprint density at radius 3 is 2.56 bits per heavy atom. The number of aromatic nitrogens is 1. The number of nitrogens with zero attached hydrogens (tertiary/aromatic N) is 1. The summed E-state index contributed by atoms with van der Waals surface area (Å²) in [5.41, 5.74) is 1.78. The fourth-order valence-electron chi connectivity index (χ4n) is 2.19. The molecule has 1 amide bonds. The van der Waals surface area contributed by atoms with E-state index in [0.29, 0.717) is 40.1 Å². The van der Waals surface area contributed by atoms with Crippen LogP contribution >= 0.6 is 11.6 Å². The van der Waals surface area contributed by atoms with Crippen molar-refractivity contribution in [3.63, 3.8) is 0 Å². The van der Waals surface area contributed by atoms with Gasteiger partial charge in [-0.2, -0.15) is 0 Å². The maximum atomic E-state index is 12.0. The third kappa shape index (κ3) is 5.00. The van der Waals surface area contributed by atoms with E-state index in [1.54, 1.807) is 44.7 Å². The molecule has 0 radical (unpaired) electrons. The average molecular weight is 364 g/mol. The van der Waals surface area contributed by atoms with E-state index in [1.165, 1.54) is 0 Å². The SMILES string of the molecule is CCCCNC(=O)c1ccc(Nc2cc(OC)c(Cl)cc2OC)cn1. The van der Waals surface area contributed by atoms with Gasteiger partial charge in [-0.05, 0) is 18.6 Å². The molecule has 2 aromatic rings. The Balaban J connectivity index is 2.12. The topological polar surface area (TPSA) is 72.5 Å². The van der Waals surface area contributed by atoms with Crippen LogP contribution in [0.5, 0.6) is 11.5 Å². The second-order valence-corrected chi connectivity index (χ2v) is 5.76. The minimum Gasteiger partial charge on any atom is -0.495 e. The number of carbonyl (C=O) groups excluding carboxylic acids is 1. The van der Waals surface area contributed by atoms with Gasteiger partial charge in [0, 0.05) is 18.7 Å². The molecule has 1 heterocycles. The fourth-order valence-corrected chi connectivity index (χ4v) is 2.42. The molecule has 1 aromatic heterocycles. The molecule has 0 aliphatic rings. The first kappa shape index (κ1) is 18.9. The van der Waals surface area contributed by atoms with E-state index < -0.39 is 0 Å². The summed E-state index contributed by atoms with van der Waals surface area (Å²) in [6.45, 7) is 2.73. The van der Waals surface area contributed by atoms with Crippen molar-refractivity contribution < 1.29 is 14.3 Å². The van der Waals surface area contributed by atoms with E-state index in [9.17, 15) is 4.79 Å². The fraction of sp³-hybridized carbons (Fsp3) is 0.333. The maximum Gasteiger partial charge on any atom is 0.269 e. The van der Waals surface area contributed by atoms with Crippen molar-refractivity contribution in [2.75, 3.05) is 26.1 Å². The number of hydrogen-bond donors (Lipinski definition) is 2. The third-order valence-corrected chi connectivity index (χ3v) is 3.86. The summed E-state index contributed by atoms with van der Waals surface area (Å²) < 4.78 is 10.6. The minimum atomic E-state index is -0.175. The molecule has 134 valence electrons. The molecule has 0 saturated heterocycles. The van der Waals surface area contributed by atoms with Gasteiger partial charge < -0.3 is 20.1 Å². The molecule has 0 atom stereocenters. The van der Waals surface area contributed by atoms with Crippen LogP contribution in [0.15, 0.2) is 30.5 Å². The molecule has 7 heteroatoms. The van der Waals surface area contributed by atoms with Crippen molar-refractivity contribution in [3.05, 3.63) is 41.2 Å². The van der Waals surface area contributed by atoms with Gasteiger partial charge in [0.05, 0.1) is 36.8 Å².